The largest absolute Gasteiger partial charge is 0.375 e. The van der Waals surface area contributed by atoms with E-state index in [1.165, 1.54) is 12.8 Å². The summed E-state index contributed by atoms with van der Waals surface area (Å²) in [7, 11) is 0. The maximum absolute atomic E-state index is 11.1. The maximum atomic E-state index is 11.1. The molecule has 4 heteroatoms. The fraction of sp³-hybridized carbons (Fsp3) is 0.714. The van der Waals surface area contributed by atoms with Gasteiger partial charge in [-0.2, -0.15) is 5.10 Å². The van der Waals surface area contributed by atoms with E-state index >= 15 is 0 Å². The quantitative estimate of drug-likeness (QED) is 0.771. The molecule has 2 fully saturated rings. The van der Waals surface area contributed by atoms with E-state index in [0.29, 0.717) is 6.42 Å². The van der Waals surface area contributed by atoms with E-state index in [-0.39, 0.29) is 11.1 Å². The first kappa shape index (κ1) is 11.9. The average molecular weight is 248 g/mol. The molecule has 1 aromatic rings. The summed E-state index contributed by atoms with van der Waals surface area (Å²) in [5, 5.41) is 4.39. The Labute approximate surface area is 107 Å². The van der Waals surface area contributed by atoms with Gasteiger partial charge >= 0.3 is 0 Å². The van der Waals surface area contributed by atoms with E-state index in [4.69, 9.17) is 4.74 Å². The van der Waals surface area contributed by atoms with Crippen molar-refractivity contribution in [2.24, 2.45) is 0 Å². The van der Waals surface area contributed by atoms with Gasteiger partial charge in [-0.25, -0.2) is 0 Å². The van der Waals surface area contributed by atoms with Gasteiger partial charge in [0.25, 0.3) is 0 Å². The lowest BCUT2D eigenvalue weighted by Crippen LogP contribution is -2.49. The summed E-state index contributed by atoms with van der Waals surface area (Å²) in [6, 6.07) is 1.93. The first-order valence-electron chi connectivity index (χ1n) is 6.86. The monoisotopic (exact) mass is 248 g/mol. The molecule has 0 amide bonds. The van der Waals surface area contributed by atoms with Crippen LogP contribution in [0.1, 0.15) is 44.9 Å². The molecule has 1 spiro atoms. The fourth-order valence-corrected chi connectivity index (χ4v) is 3.70. The van der Waals surface area contributed by atoms with E-state index in [1.807, 2.05) is 16.9 Å². The van der Waals surface area contributed by atoms with Crippen LogP contribution in [-0.2, 0) is 15.1 Å². The van der Waals surface area contributed by atoms with Crippen LogP contribution in [0.15, 0.2) is 18.5 Å². The van der Waals surface area contributed by atoms with Crippen LogP contribution in [0, 0.1) is 0 Å². The minimum Gasteiger partial charge on any atom is -0.375 e. The molecule has 1 aliphatic heterocycles. The van der Waals surface area contributed by atoms with Gasteiger partial charge in [-0.1, -0.05) is 12.8 Å². The molecule has 2 aliphatic rings. The number of ether oxygens (including phenoxy) is 1. The molecule has 0 N–H and O–H groups in total. The number of aromatic nitrogens is 2. The average Bonchev–Trinajstić information content (AvgIpc) is 3.01. The van der Waals surface area contributed by atoms with Crippen LogP contribution in [0.5, 0.6) is 0 Å². The van der Waals surface area contributed by atoms with Crippen molar-refractivity contribution in [3.05, 3.63) is 18.5 Å². The first-order chi connectivity index (χ1) is 8.79. The predicted molar refractivity (Wildman–Crippen MR) is 67.3 cm³/mol. The van der Waals surface area contributed by atoms with Crippen LogP contribution < -0.4 is 0 Å². The highest BCUT2D eigenvalue weighted by Gasteiger charge is 2.48. The summed E-state index contributed by atoms with van der Waals surface area (Å²) in [6.07, 6.45) is 11.9. The second kappa shape index (κ2) is 4.50. The second-order valence-corrected chi connectivity index (χ2v) is 5.71. The van der Waals surface area contributed by atoms with Gasteiger partial charge < -0.3 is 9.53 Å². The molecule has 1 saturated heterocycles. The molecule has 0 aromatic carbocycles. The van der Waals surface area contributed by atoms with Gasteiger partial charge in [0.15, 0.2) is 0 Å². The van der Waals surface area contributed by atoms with Crippen LogP contribution >= 0.6 is 0 Å². The zero-order chi connectivity index (χ0) is 12.5. The Morgan fingerprint density at radius 1 is 1.33 bits per heavy atom. The molecule has 1 aliphatic carbocycles. The molecule has 18 heavy (non-hydrogen) atoms. The number of hydrogen-bond acceptors (Lipinski definition) is 3. The molecule has 2 heterocycles. The molecule has 98 valence electrons. The minimum absolute atomic E-state index is 0.00715. The van der Waals surface area contributed by atoms with Gasteiger partial charge in [-0.3, -0.25) is 4.68 Å². The van der Waals surface area contributed by atoms with Crippen molar-refractivity contribution < 1.29 is 9.53 Å². The lowest BCUT2D eigenvalue weighted by atomic mass is 9.77. The van der Waals surface area contributed by atoms with Crippen molar-refractivity contribution >= 4 is 6.29 Å². The van der Waals surface area contributed by atoms with Crippen molar-refractivity contribution in [1.82, 2.24) is 9.78 Å². The maximum Gasteiger partial charge on any atom is 0.122 e. The SMILES string of the molecule is O=CCC1(n2cccn2)CCOC2(CCCC2)C1. The van der Waals surface area contributed by atoms with Gasteiger partial charge in [0.1, 0.15) is 6.29 Å². The molecule has 3 rings (SSSR count). The van der Waals surface area contributed by atoms with E-state index < -0.39 is 0 Å². The molecule has 1 atom stereocenters. The normalized spacial score (nSPS) is 30.7. The smallest absolute Gasteiger partial charge is 0.122 e. The van der Waals surface area contributed by atoms with Crippen LogP contribution in [0.25, 0.3) is 0 Å². The number of hydrogen-bond donors (Lipinski definition) is 0. The van der Waals surface area contributed by atoms with E-state index in [1.54, 1.807) is 6.20 Å². The highest BCUT2D eigenvalue weighted by atomic mass is 16.5. The Hall–Kier alpha value is -1.16. The third-order valence-electron chi connectivity index (χ3n) is 4.60. The summed E-state index contributed by atoms with van der Waals surface area (Å²) >= 11 is 0. The van der Waals surface area contributed by atoms with Crippen LogP contribution in [0.2, 0.25) is 0 Å². The number of aldehydes is 1. The number of carbonyl (C=O) groups is 1. The molecule has 0 bridgehead atoms. The summed E-state index contributed by atoms with van der Waals surface area (Å²) < 4.78 is 8.06. The van der Waals surface area contributed by atoms with Crippen molar-refractivity contribution in [2.75, 3.05) is 6.61 Å². The lowest BCUT2D eigenvalue weighted by molar-refractivity contribution is -0.129. The Bertz CT molecular complexity index is 409. The molecular formula is C14H20N2O2. The summed E-state index contributed by atoms with van der Waals surface area (Å²) in [5.41, 5.74) is -0.152. The third kappa shape index (κ3) is 1.88. The highest BCUT2D eigenvalue weighted by molar-refractivity contribution is 5.51. The van der Waals surface area contributed by atoms with Gasteiger partial charge in [0.2, 0.25) is 0 Å². The Morgan fingerprint density at radius 2 is 2.17 bits per heavy atom. The van der Waals surface area contributed by atoms with Gasteiger partial charge in [-0.15, -0.1) is 0 Å². The third-order valence-corrected chi connectivity index (χ3v) is 4.60. The zero-order valence-electron chi connectivity index (χ0n) is 10.7. The van der Waals surface area contributed by atoms with Crippen LogP contribution in [-0.4, -0.2) is 28.3 Å². The fourth-order valence-electron chi connectivity index (χ4n) is 3.70. The van der Waals surface area contributed by atoms with E-state index in [0.717, 1.165) is 38.6 Å². The minimum atomic E-state index is -0.159. The molecule has 1 saturated carbocycles. The van der Waals surface area contributed by atoms with Gasteiger partial charge in [-0.05, 0) is 25.3 Å². The zero-order valence-corrected chi connectivity index (χ0v) is 10.7. The summed E-state index contributed by atoms with van der Waals surface area (Å²) in [5.74, 6) is 0. The predicted octanol–water partition coefficient (Wildman–Crippen LogP) is 2.29. The second-order valence-electron chi connectivity index (χ2n) is 5.71. The standard InChI is InChI=1S/C14H20N2O2/c17-10-6-13(16-9-3-8-15-16)7-11-18-14(12-13)4-1-2-5-14/h3,8-10H,1-2,4-7,11-12H2. The Morgan fingerprint density at radius 3 is 2.83 bits per heavy atom. The summed E-state index contributed by atoms with van der Waals surface area (Å²) in [6.45, 7) is 0.744. The van der Waals surface area contributed by atoms with Crippen molar-refractivity contribution in [3.63, 3.8) is 0 Å². The van der Waals surface area contributed by atoms with Crippen molar-refractivity contribution in [3.8, 4) is 0 Å². The highest BCUT2D eigenvalue weighted by Crippen LogP contribution is 2.47. The topological polar surface area (TPSA) is 44.1 Å². The molecule has 4 nitrogen and oxygen atoms in total. The van der Waals surface area contributed by atoms with Crippen molar-refractivity contribution in [2.45, 2.75) is 56.1 Å². The van der Waals surface area contributed by atoms with Crippen LogP contribution in [0.4, 0.5) is 0 Å². The molecule has 1 unspecified atom stereocenters. The number of rotatable bonds is 3. The summed E-state index contributed by atoms with van der Waals surface area (Å²) in [4.78, 5) is 11.1. The molecular weight excluding hydrogens is 228 g/mol. The molecule has 0 radical (unpaired) electrons. The molecule has 1 aromatic heterocycles. The lowest BCUT2D eigenvalue weighted by Gasteiger charge is -2.46. The Balaban J connectivity index is 1.91. The van der Waals surface area contributed by atoms with E-state index in [2.05, 4.69) is 5.10 Å². The number of carbonyl (C=O) groups excluding carboxylic acids is 1. The van der Waals surface area contributed by atoms with Crippen molar-refractivity contribution in [1.29, 1.82) is 0 Å². The number of nitrogens with zero attached hydrogens (tertiary/aromatic N) is 2. The van der Waals surface area contributed by atoms with E-state index in [9.17, 15) is 4.79 Å². The van der Waals surface area contributed by atoms with Gasteiger partial charge in [0.05, 0.1) is 11.1 Å². The Kier molecular flexibility index (Phi) is 2.98. The first-order valence-corrected chi connectivity index (χ1v) is 6.86. The van der Waals surface area contributed by atoms with Crippen LogP contribution in [0.3, 0.4) is 0 Å². The van der Waals surface area contributed by atoms with Gasteiger partial charge in [0, 0.05) is 31.8 Å².